The quantitative estimate of drug-likeness (QED) is 0.831. The van der Waals surface area contributed by atoms with Crippen molar-refractivity contribution in [1.82, 2.24) is 9.80 Å². The molecule has 1 aliphatic heterocycles. The Kier molecular flexibility index (Phi) is 6.89. The number of nitrogens with zero attached hydrogens (tertiary/aromatic N) is 2. The molecule has 27 heavy (non-hydrogen) atoms. The molecule has 0 spiro atoms. The topological polar surface area (TPSA) is 52.7 Å². The van der Waals surface area contributed by atoms with Crippen LogP contribution in [0.3, 0.4) is 0 Å². The van der Waals surface area contributed by atoms with Gasteiger partial charge in [-0.1, -0.05) is 25.3 Å². The van der Waals surface area contributed by atoms with Crippen molar-refractivity contribution in [3.63, 3.8) is 0 Å². The Hall–Kier alpha value is -1.88. The molecule has 3 rings (SSSR count). The molecule has 1 aromatic rings. The van der Waals surface area contributed by atoms with Crippen LogP contribution >= 0.6 is 0 Å². The minimum atomic E-state index is 0.00969. The molecule has 0 radical (unpaired) electrons. The predicted octanol–water partition coefficient (Wildman–Crippen LogP) is 3.62. The van der Waals surface area contributed by atoms with E-state index in [1.807, 2.05) is 32.0 Å². The third kappa shape index (κ3) is 5.10. The number of fused-ring (bicyclic) bond motifs is 1. The van der Waals surface area contributed by atoms with Crippen LogP contribution in [-0.2, 0) is 4.79 Å². The number of likely N-dealkylation sites (tertiary alicyclic amines) is 1. The number of nitrogens with one attached hydrogen (secondary N) is 1. The zero-order valence-corrected chi connectivity index (χ0v) is 16.7. The molecule has 5 heteroatoms. The second kappa shape index (κ2) is 9.36. The zero-order chi connectivity index (χ0) is 19.2. The Morgan fingerprint density at radius 3 is 2.59 bits per heavy atom. The molecule has 1 saturated heterocycles. The number of amides is 2. The summed E-state index contributed by atoms with van der Waals surface area (Å²) in [5.74, 6) is 1.67. The second-order valence-corrected chi connectivity index (χ2v) is 7.93. The Labute approximate surface area is 163 Å². The van der Waals surface area contributed by atoms with Gasteiger partial charge in [0, 0.05) is 30.9 Å². The molecule has 2 fully saturated rings. The SMILES string of the molecule is CCN(CC)C(=O)c1cccc(NC(=O)CN2CC[C@H]3CCCC[C@@H]3C2)c1. The molecular weight excluding hydrogens is 338 g/mol. The summed E-state index contributed by atoms with van der Waals surface area (Å²) in [4.78, 5) is 29.1. The molecule has 2 aliphatic rings. The Morgan fingerprint density at radius 2 is 1.85 bits per heavy atom. The first kappa shape index (κ1) is 19.9. The van der Waals surface area contributed by atoms with Crippen molar-refractivity contribution < 1.29 is 9.59 Å². The van der Waals surface area contributed by atoms with Crippen LogP contribution in [0.15, 0.2) is 24.3 Å². The lowest BCUT2D eigenvalue weighted by Crippen LogP contribution is -2.44. The van der Waals surface area contributed by atoms with Gasteiger partial charge < -0.3 is 10.2 Å². The predicted molar refractivity (Wildman–Crippen MR) is 109 cm³/mol. The number of hydrogen-bond donors (Lipinski definition) is 1. The molecule has 1 saturated carbocycles. The monoisotopic (exact) mass is 371 g/mol. The van der Waals surface area contributed by atoms with Gasteiger partial charge in [-0.2, -0.15) is 0 Å². The third-order valence-corrected chi connectivity index (χ3v) is 6.19. The fourth-order valence-corrected chi connectivity index (χ4v) is 4.65. The van der Waals surface area contributed by atoms with Gasteiger partial charge in [0.2, 0.25) is 5.91 Å². The van der Waals surface area contributed by atoms with Crippen LogP contribution in [0.5, 0.6) is 0 Å². The highest BCUT2D eigenvalue weighted by Gasteiger charge is 2.31. The summed E-state index contributed by atoms with van der Waals surface area (Å²) >= 11 is 0. The molecule has 1 N–H and O–H groups in total. The number of rotatable bonds is 6. The van der Waals surface area contributed by atoms with Gasteiger partial charge in [0.25, 0.3) is 5.91 Å². The van der Waals surface area contributed by atoms with Gasteiger partial charge in [-0.15, -0.1) is 0 Å². The number of carbonyl (C=O) groups is 2. The normalized spacial score (nSPS) is 22.7. The molecule has 1 aliphatic carbocycles. The van der Waals surface area contributed by atoms with E-state index in [1.165, 1.54) is 32.1 Å². The Bertz CT molecular complexity index is 657. The van der Waals surface area contributed by atoms with E-state index in [2.05, 4.69) is 10.2 Å². The van der Waals surface area contributed by atoms with Crippen LogP contribution in [0.4, 0.5) is 5.69 Å². The third-order valence-electron chi connectivity index (χ3n) is 6.19. The van der Waals surface area contributed by atoms with Crippen molar-refractivity contribution in [2.24, 2.45) is 11.8 Å². The van der Waals surface area contributed by atoms with E-state index in [0.717, 1.165) is 24.9 Å². The van der Waals surface area contributed by atoms with E-state index >= 15 is 0 Å². The minimum absolute atomic E-state index is 0.00969. The van der Waals surface area contributed by atoms with Gasteiger partial charge in [0.15, 0.2) is 0 Å². The number of anilines is 1. The lowest BCUT2D eigenvalue weighted by Gasteiger charge is -2.41. The smallest absolute Gasteiger partial charge is 0.253 e. The number of piperidine rings is 1. The maximum atomic E-state index is 12.5. The molecule has 2 amide bonds. The van der Waals surface area contributed by atoms with Gasteiger partial charge in [0.1, 0.15) is 0 Å². The molecule has 1 heterocycles. The fraction of sp³-hybridized carbons (Fsp3) is 0.636. The van der Waals surface area contributed by atoms with E-state index in [4.69, 9.17) is 0 Å². The maximum absolute atomic E-state index is 12.5. The summed E-state index contributed by atoms with van der Waals surface area (Å²) in [5, 5.41) is 2.98. The highest BCUT2D eigenvalue weighted by Crippen LogP contribution is 2.35. The van der Waals surface area contributed by atoms with Crippen molar-refractivity contribution in [2.45, 2.75) is 46.0 Å². The lowest BCUT2D eigenvalue weighted by atomic mass is 9.75. The van der Waals surface area contributed by atoms with Crippen molar-refractivity contribution >= 4 is 17.5 Å². The van der Waals surface area contributed by atoms with Crippen LogP contribution in [-0.4, -0.2) is 54.3 Å². The Balaban J connectivity index is 1.55. The molecule has 148 valence electrons. The first-order valence-electron chi connectivity index (χ1n) is 10.5. The zero-order valence-electron chi connectivity index (χ0n) is 16.7. The minimum Gasteiger partial charge on any atom is -0.339 e. The molecular formula is C22H33N3O2. The van der Waals surface area contributed by atoms with Gasteiger partial charge in [-0.05, 0) is 63.3 Å². The summed E-state index contributed by atoms with van der Waals surface area (Å²) in [7, 11) is 0. The van der Waals surface area contributed by atoms with Crippen LogP contribution < -0.4 is 5.32 Å². The van der Waals surface area contributed by atoms with Crippen molar-refractivity contribution in [1.29, 1.82) is 0 Å². The Morgan fingerprint density at radius 1 is 1.11 bits per heavy atom. The van der Waals surface area contributed by atoms with E-state index in [9.17, 15) is 9.59 Å². The fourth-order valence-electron chi connectivity index (χ4n) is 4.65. The average Bonchev–Trinajstić information content (AvgIpc) is 2.69. The first-order valence-corrected chi connectivity index (χ1v) is 10.5. The van der Waals surface area contributed by atoms with Crippen molar-refractivity contribution in [2.75, 3.05) is 38.0 Å². The highest BCUT2D eigenvalue weighted by molar-refractivity contribution is 5.97. The first-order chi connectivity index (χ1) is 13.1. The second-order valence-electron chi connectivity index (χ2n) is 7.93. The summed E-state index contributed by atoms with van der Waals surface area (Å²) in [6.07, 6.45) is 6.64. The summed E-state index contributed by atoms with van der Waals surface area (Å²) < 4.78 is 0. The van der Waals surface area contributed by atoms with Gasteiger partial charge in [0.05, 0.1) is 6.54 Å². The summed E-state index contributed by atoms with van der Waals surface area (Å²) in [5.41, 5.74) is 1.32. The molecule has 0 aromatic heterocycles. The number of carbonyl (C=O) groups excluding carboxylic acids is 2. The average molecular weight is 372 g/mol. The van der Waals surface area contributed by atoms with E-state index < -0.39 is 0 Å². The van der Waals surface area contributed by atoms with E-state index in [-0.39, 0.29) is 11.8 Å². The van der Waals surface area contributed by atoms with Crippen LogP contribution in [0.2, 0.25) is 0 Å². The number of hydrogen-bond acceptors (Lipinski definition) is 3. The van der Waals surface area contributed by atoms with Crippen LogP contribution in [0.1, 0.15) is 56.3 Å². The number of benzene rings is 1. The molecule has 0 bridgehead atoms. The standard InChI is InChI=1S/C22H33N3O2/c1-3-25(4-2)22(27)18-10-7-11-20(14-18)23-21(26)16-24-13-12-17-8-5-6-9-19(17)15-24/h7,10-11,14,17,19H,3-6,8-9,12-13,15-16H2,1-2H3,(H,23,26)/t17-,19-/m1/s1. The molecule has 5 nitrogen and oxygen atoms in total. The molecule has 2 atom stereocenters. The summed E-state index contributed by atoms with van der Waals surface area (Å²) in [6.45, 7) is 7.84. The van der Waals surface area contributed by atoms with Crippen LogP contribution in [0.25, 0.3) is 0 Å². The van der Waals surface area contributed by atoms with Gasteiger partial charge in [-0.3, -0.25) is 14.5 Å². The van der Waals surface area contributed by atoms with Gasteiger partial charge >= 0.3 is 0 Å². The summed E-state index contributed by atoms with van der Waals surface area (Å²) in [6, 6.07) is 7.28. The largest absolute Gasteiger partial charge is 0.339 e. The maximum Gasteiger partial charge on any atom is 0.253 e. The van der Waals surface area contributed by atoms with Crippen molar-refractivity contribution in [3.8, 4) is 0 Å². The molecule has 0 unspecified atom stereocenters. The highest BCUT2D eigenvalue weighted by atomic mass is 16.2. The molecule has 1 aromatic carbocycles. The van der Waals surface area contributed by atoms with Crippen LogP contribution in [0, 0.1) is 11.8 Å². The lowest BCUT2D eigenvalue weighted by molar-refractivity contribution is -0.118. The van der Waals surface area contributed by atoms with E-state index in [0.29, 0.717) is 30.9 Å². The van der Waals surface area contributed by atoms with Crippen molar-refractivity contribution in [3.05, 3.63) is 29.8 Å². The van der Waals surface area contributed by atoms with E-state index in [1.54, 1.807) is 11.0 Å². The van der Waals surface area contributed by atoms with Gasteiger partial charge in [-0.25, -0.2) is 0 Å².